The Balaban J connectivity index is 1.12. The first kappa shape index (κ1) is 30.2. The summed E-state index contributed by atoms with van der Waals surface area (Å²) in [5.74, 6) is 0.984. The van der Waals surface area contributed by atoms with Crippen LogP contribution in [0.5, 0.6) is 23.3 Å². The fraction of sp³-hybridized carbons (Fsp3) is 0.250. The van der Waals surface area contributed by atoms with Crippen molar-refractivity contribution in [3.05, 3.63) is 79.5 Å². The molecule has 2 aromatic carbocycles. The van der Waals surface area contributed by atoms with E-state index in [1.54, 1.807) is 30.2 Å². The molecule has 0 radical (unpaired) electrons. The first-order valence-electron chi connectivity index (χ1n) is 14.3. The number of nitrogens with zero attached hydrogens (tertiary/aromatic N) is 6. The minimum atomic E-state index is -0.588. The van der Waals surface area contributed by atoms with Gasteiger partial charge in [0.05, 0.1) is 43.5 Å². The number of likely N-dealkylation sites (tertiary alicyclic amines) is 1. The lowest BCUT2D eigenvalue weighted by molar-refractivity contribution is -0.155. The fourth-order valence-corrected chi connectivity index (χ4v) is 5.53. The van der Waals surface area contributed by atoms with Gasteiger partial charge < -0.3 is 34.9 Å². The fourth-order valence-electron chi connectivity index (χ4n) is 5.53. The van der Waals surface area contributed by atoms with E-state index >= 15 is 4.39 Å². The number of hydrogen-bond donors (Lipinski definition) is 2. The highest BCUT2D eigenvalue weighted by molar-refractivity contribution is 5.93. The molecule has 1 aliphatic carbocycles. The smallest absolute Gasteiger partial charge is 0.316 e. The highest BCUT2D eigenvalue weighted by atomic mass is 19.1. The second-order valence-corrected chi connectivity index (χ2v) is 10.9. The van der Waals surface area contributed by atoms with Gasteiger partial charge in [0.1, 0.15) is 29.8 Å². The number of hydrogen-bond acceptors (Lipinski definition) is 12. The second-order valence-electron chi connectivity index (χ2n) is 10.9. The van der Waals surface area contributed by atoms with Crippen LogP contribution in [0.15, 0.2) is 78.7 Å². The predicted molar refractivity (Wildman–Crippen MR) is 168 cm³/mol. The summed E-state index contributed by atoms with van der Waals surface area (Å²) in [5, 5.41) is 3.66. The number of aromatic nitrogens is 4. The summed E-state index contributed by atoms with van der Waals surface area (Å²) in [5.41, 5.74) is 7.26. The first-order chi connectivity index (χ1) is 22.3. The van der Waals surface area contributed by atoms with Crippen LogP contribution in [0.1, 0.15) is 12.8 Å². The van der Waals surface area contributed by atoms with E-state index < -0.39 is 5.82 Å². The number of rotatable bonds is 11. The molecule has 13 nitrogen and oxygen atoms in total. The largest absolute Gasteiger partial charge is 0.493 e. The molecule has 0 unspecified atom stereocenters. The molecule has 0 bridgehead atoms. The van der Waals surface area contributed by atoms with Crippen LogP contribution in [0.3, 0.4) is 0 Å². The van der Waals surface area contributed by atoms with Crippen LogP contribution in [0.2, 0.25) is 0 Å². The molecule has 3 heterocycles. The number of fused-ring (bicyclic) bond motifs is 1. The Hall–Kier alpha value is -5.79. The van der Waals surface area contributed by atoms with Gasteiger partial charge in [0.2, 0.25) is 5.91 Å². The zero-order chi connectivity index (χ0) is 32.3. The quantitative estimate of drug-likeness (QED) is 0.138. The summed E-state index contributed by atoms with van der Waals surface area (Å²) in [4.78, 5) is 34.4. The first-order valence-corrected chi connectivity index (χ1v) is 14.3. The van der Waals surface area contributed by atoms with Crippen LogP contribution < -0.4 is 30.0 Å². The number of allylic oxidation sites excluding steroid dienone is 1. The maximum Gasteiger partial charge on any atom is 0.316 e. The van der Waals surface area contributed by atoms with E-state index in [1.807, 2.05) is 0 Å². The van der Waals surface area contributed by atoms with Gasteiger partial charge in [-0.25, -0.2) is 24.3 Å². The molecule has 1 amide bonds. The predicted octanol–water partition coefficient (Wildman–Crippen LogP) is 4.46. The van der Waals surface area contributed by atoms with Gasteiger partial charge in [-0.15, -0.1) is 0 Å². The molecule has 1 saturated heterocycles. The summed E-state index contributed by atoms with van der Waals surface area (Å²) in [7, 11) is 3.03. The molecule has 1 aliphatic heterocycles. The van der Waals surface area contributed by atoms with Crippen LogP contribution in [0.25, 0.3) is 10.9 Å². The van der Waals surface area contributed by atoms with Crippen LogP contribution in [0, 0.1) is 11.2 Å². The van der Waals surface area contributed by atoms with Crippen molar-refractivity contribution in [2.24, 2.45) is 16.1 Å². The Labute approximate surface area is 263 Å². The normalized spacial score (nSPS) is 15.7. The lowest BCUT2D eigenvalue weighted by atomic mass is 9.61. The topological polar surface area (TPSA) is 159 Å². The third-order valence-corrected chi connectivity index (χ3v) is 7.76. The Kier molecular flexibility index (Phi) is 8.33. The van der Waals surface area contributed by atoms with Gasteiger partial charge in [-0.2, -0.15) is 0 Å². The van der Waals surface area contributed by atoms with Gasteiger partial charge in [-0.1, -0.05) is 6.58 Å². The molecule has 2 fully saturated rings. The van der Waals surface area contributed by atoms with Crippen molar-refractivity contribution in [3.63, 3.8) is 0 Å². The second kappa shape index (κ2) is 12.7. The lowest BCUT2D eigenvalue weighted by Crippen LogP contribution is -2.65. The minimum Gasteiger partial charge on any atom is -0.493 e. The minimum absolute atomic E-state index is 0.00108. The van der Waals surface area contributed by atoms with Crippen LogP contribution in [-0.4, -0.2) is 70.4 Å². The lowest BCUT2D eigenvalue weighted by Gasteiger charge is -2.58. The molecule has 0 atom stereocenters. The van der Waals surface area contributed by atoms with E-state index in [0.29, 0.717) is 47.0 Å². The number of carbonyl (C=O) groups excluding carboxylic acids is 1. The van der Waals surface area contributed by atoms with Gasteiger partial charge >= 0.3 is 6.01 Å². The molecule has 2 aromatic heterocycles. The Bertz CT molecular complexity index is 1830. The van der Waals surface area contributed by atoms with Crippen LogP contribution in [0.4, 0.5) is 21.6 Å². The van der Waals surface area contributed by atoms with Crippen molar-refractivity contribution in [2.75, 3.05) is 32.6 Å². The molecule has 1 spiro atoms. The average molecular weight is 627 g/mol. The summed E-state index contributed by atoms with van der Waals surface area (Å²) in [6, 6.07) is 8.06. The van der Waals surface area contributed by atoms with Gasteiger partial charge in [0, 0.05) is 48.3 Å². The molecule has 236 valence electrons. The summed E-state index contributed by atoms with van der Waals surface area (Å²) in [6.07, 6.45) is 10.2. The van der Waals surface area contributed by atoms with Crippen molar-refractivity contribution in [1.29, 1.82) is 0 Å². The van der Waals surface area contributed by atoms with E-state index in [-0.39, 0.29) is 40.8 Å². The van der Waals surface area contributed by atoms with Gasteiger partial charge in [-0.3, -0.25) is 9.79 Å². The van der Waals surface area contributed by atoms with Crippen LogP contribution >= 0.6 is 0 Å². The zero-order valence-corrected chi connectivity index (χ0v) is 25.1. The number of methoxy groups -OCH3 is 2. The maximum absolute atomic E-state index is 15.2. The third kappa shape index (κ3) is 6.36. The summed E-state index contributed by atoms with van der Waals surface area (Å²) in [6.45, 7) is 4.97. The van der Waals surface area contributed by atoms with E-state index in [4.69, 9.17) is 24.7 Å². The number of nitrogens with one attached hydrogen (secondary N) is 1. The Morgan fingerprint density at radius 3 is 2.59 bits per heavy atom. The van der Waals surface area contributed by atoms with Gasteiger partial charge in [0.15, 0.2) is 17.4 Å². The number of benzene rings is 2. The highest BCUT2D eigenvalue weighted by Crippen LogP contribution is 2.50. The number of anilines is 2. The summed E-state index contributed by atoms with van der Waals surface area (Å²) < 4.78 is 37.5. The molecular weight excluding hydrogens is 595 g/mol. The van der Waals surface area contributed by atoms with E-state index in [1.165, 1.54) is 56.3 Å². The third-order valence-electron chi connectivity index (χ3n) is 7.76. The number of halogens is 1. The van der Waals surface area contributed by atoms with E-state index in [2.05, 4.69) is 36.8 Å². The van der Waals surface area contributed by atoms with Gasteiger partial charge in [0.25, 0.3) is 0 Å². The average Bonchev–Trinajstić information content (AvgIpc) is 3.02. The number of carbonyl (C=O) groups is 1. The van der Waals surface area contributed by atoms with Crippen molar-refractivity contribution in [1.82, 2.24) is 24.8 Å². The van der Waals surface area contributed by atoms with E-state index in [0.717, 1.165) is 12.8 Å². The van der Waals surface area contributed by atoms with Crippen molar-refractivity contribution in [3.8, 4) is 23.3 Å². The van der Waals surface area contributed by atoms with Gasteiger partial charge in [-0.05, 0) is 37.1 Å². The highest BCUT2D eigenvalue weighted by Gasteiger charge is 2.54. The van der Waals surface area contributed by atoms with Crippen molar-refractivity contribution in [2.45, 2.75) is 18.9 Å². The Morgan fingerprint density at radius 1 is 1.11 bits per heavy atom. The zero-order valence-electron chi connectivity index (χ0n) is 25.1. The summed E-state index contributed by atoms with van der Waals surface area (Å²) >= 11 is 0. The van der Waals surface area contributed by atoms with E-state index in [9.17, 15) is 4.79 Å². The Morgan fingerprint density at radius 2 is 1.89 bits per heavy atom. The SMILES string of the molecule is C=CC(=O)N1CC2(CC(Oc3cc4c(Nc5ccc(O/C(N)=C/C=Nc6cnc(OC)nc6)cc5F)ncnc4cc3OC)C2)C1. The molecule has 2 aliphatic rings. The molecule has 3 N–H and O–H groups in total. The molecule has 1 saturated carbocycles. The monoisotopic (exact) mass is 626 g/mol. The molecular formula is C32H31FN8O5. The molecule has 14 heteroatoms. The standard InChI is InChI=1S/C32H31FN8O5/c1-4-29(42)41-16-32(17-41)12-21(13-32)45-27-10-22-25(11-26(27)43-2)38-18-39-30(22)40-24-6-5-20(9-23(24)33)46-28(34)7-8-35-19-14-36-31(44-3)37-15-19/h4-11,14-15,18,21H,1,12-13,16-17,34H2,2-3H3,(H,38,39,40)/b28-7+,35-8?. The molecule has 4 aromatic rings. The number of aliphatic imine (C=N–C) groups is 1. The maximum atomic E-state index is 15.2. The van der Waals surface area contributed by atoms with Crippen LogP contribution in [-0.2, 0) is 4.79 Å². The number of ether oxygens (including phenoxy) is 4. The molecule has 46 heavy (non-hydrogen) atoms. The number of nitrogens with two attached hydrogens (primary N) is 1. The number of amides is 1. The van der Waals surface area contributed by atoms with Crippen molar-refractivity contribution >= 4 is 40.2 Å². The molecule has 6 rings (SSSR count). The van der Waals surface area contributed by atoms with Crippen molar-refractivity contribution < 1.29 is 28.1 Å².